The molecule has 2 heterocycles. The largest absolute Gasteiger partial charge is 0.376 e. The van der Waals surface area contributed by atoms with Crippen molar-refractivity contribution in [3.8, 4) is 0 Å². The van der Waals surface area contributed by atoms with Gasteiger partial charge in [0, 0.05) is 51.7 Å². The Labute approximate surface area is 139 Å². The van der Waals surface area contributed by atoms with Gasteiger partial charge in [0.2, 0.25) is 5.91 Å². The topological polar surface area (TPSA) is 61.9 Å². The molecule has 6 heteroatoms. The van der Waals surface area contributed by atoms with E-state index in [1.54, 1.807) is 0 Å². The van der Waals surface area contributed by atoms with Gasteiger partial charge in [-0.1, -0.05) is 20.8 Å². The number of ether oxygens (including phenoxy) is 1. The second kappa shape index (κ2) is 8.52. The Hall–Kier alpha value is -1.30. The highest BCUT2D eigenvalue weighted by molar-refractivity contribution is 5.79. The quantitative estimate of drug-likeness (QED) is 0.837. The lowest BCUT2D eigenvalue weighted by Crippen LogP contribution is -2.45. The fourth-order valence-electron chi connectivity index (χ4n) is 3.26. The van der Waals surface area contributed by atoms with Crippen molar-refractivity contribution in [1.29, 1.82) is 0 Å². The van der Waals surface area contributed by atoms with Crippen molar-refractivity contribution in [2.24, 2.45) is 11.8 Å². The average molecular weight is 325 g/mol. The maximum atomic E-state index is 12.4. The lowest BCUT2D eigenvalue weighted by Gasteiger charge is -2.26. The molecule has 3 amide bonds. The Morgan fingerprint density at radius 1 is 1.39 bits per heavy atom. The summed E-state index contributed by atoms with van der Waals surface area (Å²) in [6.07, 6.45) is 2.52. The number of likely N-dealkylation sites (tertiary alicyclic amines) is 1. The van der Waals surface area contributed by atoms with E-state index >= 15 is 0 Å². The summed E-state index contributed by atoms with van der Waals surface area (Å²) in [5.74, 6) is 0.856. The zero-order valence-corrected chi connectivity index (χ0v) is 14.7. The Kier molecular flexibility index (Phi) is 6.69. The van der Waals surface area contributed by atoms with Crippen molar-refractivity contribution in [2.45, 2.75) is 46.1 Å². The third-order valence-corrected chi connectivity index (χ3v) is 4.67. The summed E-state index contributed by atoms with van der Waals surface area (Å²) in [5.41, 5.74) is 0. The molecule has 2 fully saturated rings. The van der Waals surface area contributed by atoms with Gasteiger partial charge in [-0.3, -0.25) is 4.79 Å². The summed E-state index contributed by atoms with van der Waals surface area (Å²) in [4.78, 5) is 28.1. The number of carbonyl (C=O) groups is 2. The number of nitrogens with zero attached hydrogens (tertiary/aromatic N) is 2. The van der Waals surface area contributed by atoms with Crippen LogP contribution in [0.3, 0.4) is 0 Å². The SMILES string of the molecule is CCCN1CC(CNC(=O)N2CCCOC(C(C)C)C2)CC1=O. The molecule has 0 aromatic carbocycles. The number of urea groups is 1. The first-order valence-electron chi connectivity index (χ1n) is 8.93. The van der Waals surface area contributed by atoms with Crippen LogP contribution in [0, 0.1) is 11.8 Å². The predicted molar refractivity (Wildman–Crippen MR) is 89.1 cm³/mol. The predicted octanol–water partition coefficient (Wildman–Crippen LogP) is 1.70. The van der Waals surface area contributed by atoms with Gasteiger partial charge in [0.05, 0.1) is 6.10 Å². The maximum Gasteiger partial charge on any atom is 0.317 e. The van der Waals surface area contributed by atoms with Gasteiger partial charge in [-0.15, -0.1) is 0 Å². The molecule has 0 saturated carbocycles. The van der Waals surface area contributed by atoms with Crippen molar-refractivity contribution < 1.29 is 14.3 Å². The highest BCUT2D eigenvalue weighted by Crippen LogP contribution is 2.18. The van der Waals surface area contributed by atoms with Crippen LogP contribution in [-0.2, 0) is 9.53 Å². The van der Waals surface area contributed by atoms with Crippen LogP contribution in [0.1, 0.15) is 40.0 Å². The molecule has 2 aliphatic rings. The molecule has 0 bridgehead atoms. The van der Waals surface area contributed by atoms with E-state index in [-0.39, 0.29) is 24.0 Å². The van der Waals surface area contributed by atoms with Crippen LogP contribution in [0.4, 0.5) is 4.79 Å². The lowest BCUT2D eigenvalue weighted by atomic mass is 10.1. The molecule has 0 radical (unpaired) electrons. The molecule has 2 saturated heterocycles. The first-order chi connectivity index (χ1) is 11.0. The monoisotopic (exact) mass is 325 g/mol. The molecular formula is C17H31N3O3. The van der Waals surface area contributed by atoms with Gasteiger partial charge in [0.15, 0.2) is 0 Å². The van der Waals surface area contributed by atoms with Gasteiger partial charge in [0.1, 0.15) is 0 Å². The van der Waals surface area contributed by atoms with Crippen LogP contribution in [0.5, 0.6) is 0 Å². The van der Waals surface area contributed by atoms with E-state index in [1.807, 2.05) is 9.80 Å². The van der Waals surface area contributed by atoms with Crippen molar-refractivity contribution in [3.05, 3.63) is 0 Å². The van der Waals surface area contributed by atoms with E-state index in [9.17, 15) is 9.59 Å². The summed E-state index contributed by atoms with van der Waals surface area (Å²) >= 11 is 0. The lowest BCUT2D eigenvalue weighted by molar-refractivity contribution is -0.127. The summed E-state index contributed by atoms with van der Waals surface area (Å²) in [6.45, 7) is 10.6. The molecule has 6 nitrogen and oxygen atoms in total. The molecule has 0 aliphatic carbocycles. The minimum Gasteiger partial charge on any atom is -0.376 e. The molecule has 2 atom stereocenters. The third kappa shape index (κ3) is 5.09. The highest BCUT2D eigenvalue weighted by Gasteiger charge is 2.30. The van der Waals surface area contributed by atoms with Gasteiger partial charge in [0.25, 0.3) is 0 Å². The molecule has 23 heavy (non-hydrogen) atoms. The summed E-state index contributed by atoms with van der Waals surface area (Å²) < 4.78 is 5.80. The fraction of sp³-hybridized carbons (Fsp3) is 0.882. The zero-order chi connectivity index (χ0) is 16.8. The second-order valence-corrected chi connectivity index (χ2v) is 7.05. The van der Waals surface area contributed by atoms with E-state index in [4.69, 9.17) is 4.74 Å². The number of amides is 3. The van der Waals surface area contributed by atoms with Crippen molar-refractivity contribution in [2.75, 3.05) is 39.3 Å². The van der Waals surface area contributed by atoms with Gasteiger partial charge < -0.3 is 19.9 Å². The maximum absolute atomic E-state index is 12.4. The normalized spacial score (nSPS) is 25.8. The molecule has 2 unspecified atom stereocenters. The van der Waals surface area contributed by atoms with Crippen LogP contribution < -0.4 is 5.32 Å². The highest BCUT2D eigenvalue weighted by atomic mass is 16.5. The van der Waals surface area contributed by atoms with E-state index in [0.717, 1.165) is 39.1 Å². The standard InChI is InChI=1S/C17H31N3O3/c1-4-6-19-11-14(9-16(19)21)10-18-17(22)20-7-5-8-23-15(12-20)13(2)3/h13-15H,4-12H2,1-3H3,(H,18,22). The number of nitrogens with one attached hydrogen (secondary N) is 1. The summed E-state index contributed by atoms with van der Waals surface area (Å²) in [6, 6.07) is -0.0254. The molecular weight excluding hydrogens is 294 g/mol. The summed E-state index contributed by atoms with van der Waals surface area (Å²) in [5, 5.41) is 3.02. The van der Waals surface area contributed by atoms with Crippen molar-refractivity contribution in [1.82, 2.24) is 15.1 Å². The fourth-order valence-corrected chi connectivity index (χ4v) is 3.26. The van der Waals surface area contributed by atoms with Crippen LogP contribution in [0.15, 0.2) is 0 Å². The second-order valence-electron chi connectivity index (χ2n) is 7.05. The van der Waals surface area contributed by atoms with Crippen LogP contribution in [0.25, 0.3) is 0 Å². The Morgan fingerprint density at radius 2 is 2.17 bits per heavy atom. The molecule has 2 aliphatic heterocycles. The molecule has 2 rings (SSSR count). The van der Waals surface area contributed by atoms with E-state index in [1.165, 1.54) is 0 Å². The third-order valence-electron chi connectivity index (χ3n) is 4.67. The minimum atomic E-state index is -0.0254. The molecule has 0 aromatic rings. The van der Waals surface area contributed by atoms with Gasteiger partial charge in [-0.05, 0) is 18.8 Å². The van der Waals surface area contributed by atoms with E-state index in [0.29, 0.717) is 25.4 Å². The Balaban J connectivity index is 1.79. The zero-order valence-electron chi connectivity index (χ0n) is 14.7. The molecule has 0 aromatic heterocycles. The average Bonchev–Trinajstić information content (AvgIpc) is 2.74. The Bertz CT molecular complexity index is 414. The van der Waals surface area contributed by atoms with Gasteiger partial charge in [-0.2, -0.15) is 0 Å². The minimum absolute atomic E-state index is 0.0254. The van der Waals surface area contributed by atoms with Crippen LogP contribution >= 0.6 is 0 Å². The molecule has 0 spiro atoms. The molecule has 1 N–H and O–H groups in total. The van der Waals surface area contributed by atoms with Gasteiger partial charge >= 0.3 is 6.03 Å². The Morgan fingerprint density at radius 3 is 2.87 bits per heavy atom. The number of carbonyl (C=O) groups excluding carboxylic acids is 2. The van der Waals surface area contributed by atoms with Gasteiger partial charge in [-0.25, -0.2) is 4.79 Å². The number of hydrogen-bond acceptors (Lipinski definition) is 3. The van der Waals surface area contributed by atoms with E-state index < -0.39 is 0 Å². The number of hydrogen-bond donors (Lipinski definition) is 1. The van der Waals surface area contributed by atoms with Crippen molar-refractivity contribution >= 4 is 11.9 Å². The molecule has 132 valence electrons. The summed E-state index contributed by atoms with van der Waals surface area (Å²) in [7, 11) is 0. The van der Waals surface area contributed by atoms with Crippen LogP contribution in [-0.4, -0.2) is 67.2 Å². The van der Waals surface area contributed by atoms with Crippen molar-refractivity contribution in [3.63, 3.8) is 0 Å². The smallest absolute Gasteiger partial charge is 0.317 e. The van der Waals surface area contributed by atoms with E-state index in [2.05, 4.69) is 26.1 Å². The first kappa shape index (κ1) is 18.0. The first-order valence-corrected chi connectivity index (χ1v) is 8.93. The number of rotatable bonds is 5. The van der Waals surface area contributed by atoms with Crippen LogP contribution in [0.2, 0.25) is 0 Å².